The highest BCUT2D eigenvalue weighted by Gasteiger charge is 2.39. The molecule has 0 radical (unpaired) electrons. The molecule has 2 aliphatic rings. The van der Waals surface area contributed by atoms with Gasteiger partial charge >= 0.3 is 0 Å². The number of amides is 1. The van der Waals surface area contributed by atoms with Crippen LogP contribution in [0.4, 0.5) is 17.3 Å². The lowest BCUT2D eigenvalue weighted by atomic mass is 10.1. The molecule has 0 aromatic carbocycles. The molecule has 4 aromatic heterocycles. The Hall–Kier alpha value is -3.86. The largest absolute Gasteiger partial charge is 0.378 e. The lowest BCUT2D eigenvalue weighted by molar-refractivity contribution is -0.117. The highest BCUT2D eigenvalue weighted by atomic mass is 16.5. The standard InChI is InChI=1S/C24H27N9O2/c1-13-10-15(13)24(34)27-19-11-16-17(12-26-23(25-3)21(16)30-29-19)22-28-20-5-4-18(14(2)33(20)31-22)32-6-8-35-9-7-32/h4-5,11-13,15H,6-10H2,1-3H3,(H,25,26)(H,27,29,34)/t13-,15+/m1/s1/i3D3. The van der Waals surface area contributed by atoms with Crippen molar-refractivity contribution in [3.05, 3.63) is 30.1 Å². The fraction of sp³-hybridized carbons (Fsp3) is 0.417. The zero-order chi connectivity index (χ0) is 26.6. The van der Waals surface area contributed by atoms with Crippen molar-refractivity contribution in [3.63, 3.8) is 0 Å². The minimum Gasteiger partial charge on any atom is -0.378 e. The van der Waals surface area contributed by atoms with Crippen LogP contribution < -0.4 is 15.5 Å². The molecule has 1 saturated heterocycles. The van der Waals surface area contributed by atoms with Gasteiger partial charge in [0.05, 0.1) is 24.6 Å². The summed E-state index contributed by atoms with van der Waals surface area (Å²) in [5, 5.41) is 18.9. The molecule has 0 bridgehead atoms. The number of ether oxygens (including phenoxy) is 1. The van der Waals surface area contributed by atoms with E-state index in [0.29, 0.717) is 41.6 Å². The number of rotatable bonds is 5. The van der Waals surface area contributed by atoms with Crippen LogP contribution in [0.15, 0.2) is 24.4 Å². The molecule has 1 amide bonds. The molecular formula is C24H27N9O2. The smallest absolute Gasteiger partial charge is 0.228 e. The molecular weight excluding hydrogens is 446 g/mol. The van der Waals surface area contributed by atoms with Crippen LogP contribution in [0, 0.1) is 18.8 Å². The summed E-state index contributed by atoms with van der Waals surface area (Å²) in [5.74, 6) is 0.904. The number of hydrogen-bond donors (Lipinski definition) is 2. The van der Waals surface area contributed by atoms with Gasteiger partial charge in [0, 0.05) is 47.2 Å². The molecule has 1 saturated carbocycles. The zero-order valence-electron chi connectivity index (χ0n) is 22.4. The first-order valence-electron chi connectivity index (χ1n) is 13.1. The molecule has 1 aliphatic heterocycles. The highest BCUT2D eigenvalue weighted by molar-refractivity contribution is 6.01. The third-order valence-electron chi connectivity index (χ3n) is 6.75. The number of aromatic nitrogens is 6. The summed E-state index contributed by atoms with van der Waals surface area (Å²) < 4.78 is 30.1. The van der Waals surface area contributed by atoms with Gasteiger partial charge < -0.3 is 20.3 Å². The summed E-state index contributed by atoms with van der Waals surface area (Å²) in [4.78, 5) is 23.8. The lowest BCUT2D eigenvalue weighted by Crippen LogP contribution is -2.36. The van der Waals surface area contributed by atoms with Gasteiger partial charge in [-0.05, 0) is 37.5 Å². The normalized spacial score (nSPS) is 21.4. The third kappa shape index (κ3) is 3.81. The maximum Gasteiger partial charge on any atom is 0.228 e. The quantitative estimate of drug-likeness (QED) is 0.447. The van der Waals surface area contributed by atoms with Gasteiger partial charge in [-0.2, -0.15) is 0 Å². The first-order valence-corrected chi connectivity index (χ1v) is 11.6. The van der Waals surface area contributed by atoms with Gasteiger partial charge in [-0.3, -0.25) is 4.79 Å². The Balaban J connectivity index is 1.44. The second-order valence-corrected chi connectivity index (χ2v) is 9.05. The van der Waals surface area contributed by atoms with Crippen molar-refractivity contribution in [1.29, 1.82) is 0 Å². The van der Waals surface area contributed by atoms with E-state index in [9.17, 15) is 4.79 Å². The number of nitrogens with one attached hydrogen (secondary N) is 2. The van der Waals surface area contributed by atoms with Crippen LogP contribution in [0.25, 0.3) is 27.9 Å². The Kier molecular flexibility index (Phi) is 4.44. The maximum absolute atomic E-state index is 12.5. The Morgan fingerprint density at radius 2 is 2.09 bits per heavy atom. The zero-order valence-corrected chi connectivity index (χ0v) is 19.4. The van der Waals surface area contributed by atoms with Crippen molar-refractivity contribution < 1.29 is 13.6 Å². The Morgan fingerprint density at radius 1 is 1.26 bits per heavy atom. The molecule has 2 atom stereocenters. The van der Waals surface area contributed by atoms with Gasteiger partial charge in [0.2, 0.25) is 5.91 Å². The second-order valence-electron chi connectivity index (χ2n) is 9.05. The summed E-state index contributed by atoms with van der Waals surface area (Å²) >= 11 is 0. The van der Waals surface area contributed by atoms with E-state index in [1.807, 2.05) is 26.0 Å². The van der Waals surface area contributed by atoms with Crippen molar-refractivity contribution in [2.24, 2.45) is 11.8 Å². The number of carbonyl (C=O) groups excluding carboxylic acids is 1. The maximum atomic E-state index is 12.5. The first kappa shape index (κ1) is 18.5. The Morgan fingerprint density at radius 3 is 2.86 bits per heavy atom. The highest BCUT2D eigenvalue weighted by Crippen LogP contribution is 2.38. The molecule has 11 nitrogen and oxygen atoms in total. The summed E-state index contributed by atoms with van der Waals surface area (Å²) in [7, 11) is 0. The van der Waals surface area contributed by atoms with Gasteiger partial charge in [0.1, 0.15) is 5.52 Å². The van der Waals surface area contributed by atoms with Gasteiger partial charge in [0.25, 0.3) is 0 Å². The summed E-state index contributed by atoms with van der Waals surface area (Å²) in [6, 6.07) is 5.61. The van der Waals surface area contributed by atoms with Crippen LogP contribution >= 0.6 is 0 Å². The van der Waals surface area contributed by atoms with Crippen molar-refractivity contribution >= 4 is 39.8 Å². The average molecular weight is 477 g/mol. The van der Waals surface area contributed by atoms with Gasteiger partial charge in [-0.1, -0.05) is 6.92 Å². The van der Waals surface area contributed by atoms with E-state index < -0.39 is 6.98 Å². The molecule has 180 valence electrons. The molecule has 0 unspecified atom stereocenters. The minimum atomic E-state index is -2.48. The van der Waals surface area contributed by atoms with E-state index >= 15 is 0 Å². The molecule has 11 heteroatoms. The van der Waals surface area contributed by atoms with E-state index in [1.54, 1.807) is 10.6 Å². The monoisotopic (exact) mass is 476 g/mol. The third-order valence-corrected chi connectivity index (χ3v) is 6.75. The predicted octanol–water partition coefficient (Wildman–Crippen LogP) is 2.52. The van der Waals surface area contributed by atoms with Gasteiger partial charge in [-0.25, -0.2) is 14.5 Å². The van der Waals surface area contributed by atoms with Crippen LogP contribution in [0.1, 0.15) is 23.2 Å². The summed E-state index contributed by atoms with van der Waals surface area (Å²) in [5.41, 5.74) is 3.43. The number of anilines is 3. The number of carbonyl (C=O) groups is 1. The summed E-state index contributed by atoms with van der Waals surface area (Å²) in [6.07, 6.45) is 2.35. The predicted molar refractivity (Wildman–Crippen MR) is 133 cm³/mol. The lowest BCUT2D eigenvalue weighted by Gasteiger charge is -2.29. The number of aryl methyl sites for hydroxylation is 1. The molecule has 6 rings (SSSR count). The molecule has 1 aliphatic carbocycles. The van der Waals surface area contributed by atoms with Gasteiger partial charge in [-0.15, -0.1) is 15.3 Å². The van der Waals surface area contributed by atoms with Crippen LogP contribution in [0.2, 0.25) is 0 Å². The van der Waals surface area contributed by atoms with E-state index in [1.165, 1.54) is 6.20 Å². The number of nitrogens with zero attached hydrogens (tertiary/aromatic N) is 7. The number of pyridine rings is 2. The average Bonchev–Trinajstić information content (AvgIpc) is 3.46. The molecule has 2 fully saturated rings. The van der Waals surface area contributed by atoms with Crippen molar-refractivity contribution in [3.8, 4) is 11.4 Å². The van der Waals surface area contributed by atoms with Crippen LogP contribution in [0.5, 0.6) is 0 Å². The van der Waals surface area contributed by atoms with Gasteiger partial charge in [0.15, 0.2) is 23.1 Å². The molecule has 0 spiro atoms. The van der Waals surface area contributed by atoms with Crippen LogP contribution in [0.3, 0.4) is 0 Å². The van der Waals surface area contributed by atoms with E-state index in [2.05, 4.69) is 30.7 Å². The summed E-state index contributed by atoms with van der Waals surface area (Å²) in [6.45, 7) is 4.48. The number of hydrogen-bond acceptors (Lipinski definition) is 9. The van der Waals surface area contributed by atoms with Crippen molar-refractivity contribution in [2.75, 3.05) is 48.8 Å². The molecule has 2 N–H and O–H groups in total. The Bertz CT molecular complexity index is 1550. The SMILES string of the molecule is [2H]C([2H])([2H])Nc1ncc(-c2nc3ccc(N4CCOCC4)c(C)n3n2)c2cc(NC(=O)[C@H]3C[C@H]3C)nnc12. The first-order chi connectivity index (χ1) is 18.2. The van der Waals surface area contributed by atoms with Crippen LogP contribution in [-0.4, -0.2) is 69.0 Å². The molecule has 35 heavy (non-hydrogen) atoms. The van der Waals surface area contributed by atoms with Crippen molar-refractivity contribution in [1.82, 2.24) is 29.8 Å². The minimum absolute atomic E-state index is 0.0408. The number of fused-ring (bicyclic) bond motifs is 2. The molecule has 4 aromatic rings. The van der Waals surface area contributed by atoms with E-state index in [0.717, 1.165) is 30.9 Å². The van der Waals surface area contributed by atoms with Crippen LogP contribution in [-0.2, 0) is 9.53 Å². The molecule has 5 heterocycles. The Labute approximate surface area is 206 Å². The fourth-order valence-electron chi connectivity index (χ4n) is 4.58. The van der Waals surface area contributed by atoms with E-state index in [-0.39, 0.29) is 29.0 Å². The number of morpholine rings is 1. The topological polar surface area (TPSA) is 122 Å². The fourth-order valence-corrected chi connectivity index (χ4v) is 4.58. The second kappa shape index (κ2) is 8.42. The van der Waals surface area contributed by atoms with E-state index in [4.69, 9.17) is 18.9 Å². The van der Waals surface area contributed by atoms with Crippen molar-refractivity contribution in [2.45, 2.75) is 20.3 Å².